The van der Waals surface area contributed by atoms with Gasteiger partial charge in [-0.1, -0.05) is 18.2 Å². The Hall–Kier alpha value is -1.59. The van der Waals surface area contributed by atoms with Gasteiger partial charge >= 0.3 is 5.97 Å². The number of aromatic hydroxyl groups is 1. The van der Waals surface area contributed by atoms with Gasteiger partial charge in [0.25, 0.3) is 0 Å². The second-order valence-electron chi connectivity index (χ2n) is 3.08. The van der Waals surface area contributed by atoms with Crippen LogP contribution < -0.4 is 5.32 Å². The minimum Gasteiger partial charge on any atom is -0.508 e. The molecule has 82 valence electrons. The van der Waals surface area contributed by atoms with Crippen LogP contribution in [0.25, 0.3) is 0 Å². The SMILES string of the molecule is O=C(O)C(CO)NCc1ccccc1O. The molecule has 1 aromatic rings. The van der Waals surface area contributed by atoms with E-state index in [1.165, 1.54) is 6.07 Å². The summed E-state index contributed by atoms with van der Waals surface area (Å²) in [6.45, 7) is -0.285. The molecule has 0 aliphatic carbocycles. The lowest BCUT2D eigenvalue weighted by atomic mass is 10.2. The van der Waals surface area contributed by atoms with Gasteiger partial charge in [-0.2, -0.15) is 0 Å². The van der Waals surface area contributed by atoms with Gasteiger partial charge in [0.05, 0.1) is 6.61 Å². The normalized spacial score (nSPS) is 12.3. The Morgan fingerprint density at radius 2 is 2.07 bits per heavy atom. The zero-order chi connectivity index (χ0) is 11.3. The van der Waals surface area contributed by atoms with Crippen LogP contribution in [0.1, 0.15) is 5.56 Å². The Morgan fingerprint density at radius 1 is 1.40 bits per heavy atom. The van der Waals surface area contributed by atoms with Crippen molar-refractivity contribution in [3.05, 3.63) is 29.8 Å². The number of hydrogen-bond donors (Lipinski definition) is 4. The van der Waals surface area contributed by atoms with Gasteiger partial charge in [-0.05, 0) is 6.07 Å². The van der Waals surface area contributed by atoms with Crippen LogP contribution in [0.15, 0.2) is 24.3 Å². The van der Waals surface area contributed by atoms with Crippen molar-refractivity contribution in [2.75, 3.05) is 6.61 Å². The first-order valence-corrected chi connectivity index (χ1v) is 4.49. The van der Waals surface area contributed by atoms with Crippen molar-refractivity contribution in [1.29, 1.82) is 0 Å². The molecule has 0 heterocycles. The van der Waals surface area contributed by atoms with Crippen LogP contribution in [-0.4, -0.2) is 33.9 Å². The number of phenols is 1. The van der Waals surface area contributed by atoms with E-state index < -0.39 is 18.6 Å². The Balaban J connectivity index is 2.56. The van der Waals surface area contributed by atoms with E-state index in [2.05, 4.69) is 5.32 Å². The number of aliphatic hydroxyl groups excluding tert-OH is 1. The maximum atomic E-state index is 10.6. The molecule has 15 heavy (non-hydrogen) atoms. The first kappa shape index (κ1) is 11.5. The lowest BCUT2D eigenvalue weighted by molar-refractivity contribution is -0.140. The molecule has 5 heteroatoms. The smallest absolute Gasteiger partial charge is 0.323 e. The molecule has 1 atom stereocenters. The van der Waals surface area contributed by atoms with Crippen LogP contribution in [0.3, 0.4) is 0 Å². The Kier molecular flexibility index (Phi) is 4.08. The third-order valence-corrected chi connectivity index (χ3v) is 2.01. The molecular weight excluding hydrogens is 198 g/mol. The molecule has 0 bridgehead atoms. The van der Waals surface area contributed by atoms with Crippen LogP contribution in [0.2, 0.25) is 0 Å². The van der Waals surface area contributed by atoms with Gasteiger partial charge in [0.15, 0.2) is 0 Å². The number of hydrogen-bond acceptors (Lipinski definition) is 4. The van der Waals surface area contributed by atoms with Crippen LogP contribution in [0, 0.1) is 0 Å². The molecule has 4 N–H and O–H groups in total. The van der Waals surface area contributed by atoms with Crippen molar-refractivity contribution >= 4 is 5.97 Å². The molecule has 0 aliphatic rings. The monoisotopic (exact) mass is 211 g/mol. The third-order valence-electron chi connectivity index (χ3n) is 2.01. The maximum Gasteiger partial charge on any atom is 0.323 e. The highest BCUT2D eigenvalue weighted by Gasteiger charge is 2.15. The van der Waals surface area contributed by atoms with E-state index in [1.54, 1.807) is 18.2 Å². The van der Waals surface area contributed by atoms with Crippen LogP contribution in [-0.2, 0) is 11.3 Å². The minimum atomic E-state index is -1.12. The predicted octanol–water partition coefficient (Wildman–Crippen LogP) is -0.0727. The number of benzene rings is 1. The number of para-hydroxylation sites is 1. The summed E-state index contributed by atoms with van der Waals surface area (Å²) in [5.74, 6) is -1.01. The molecule has 1 rings (SSSR count). The molecule has 1 unspecified atom stereocenters. The van der Waals surface area contributed by atoms with Gasteiger partial charge in [-0.25, -0.2) is 0 Å². The first-order chi connectivity index (χ1) is 7.15. The summed E-state index contributed by atoms with van der Waals surface area (Å²) in [6.07, 6.45) is 0. The topological polar surface area (TPSA) is 89.8 Å². The van der Waals surface area contributed by atoms with Crippen molar-refractivity contribution in [2.24, 2.45) is 0 Å². The van der Waals surface area contributed by atoms with Gasteiger partial charge < -0.3 is 15.3 Å². The number of nitrogens with one attached hydrogen (secondary N) is 1. The minimum absolute atomic E-state index is 0.104. The molecule has 0 aromatic heterocycles. The summed E-state index contributed by atoms with van der Waals surface area (Å²) in [5, 5.41) is 29.4. The highest BCUT2D eigenvalue weighted by atomic mass is 16.4. The van der Waals surface area contributed by atoms with Gasteiger partial charge in [0.2, 0.25) is 0 Å². The molecule has 5 nitrogen and oxygen atoms in total. The van der Waals surface area contributed by atoms with Crippen molar-refractivity contribution in [2.45, 2.75) is 12.6 Å². The Morgan fingerprint density at radius 3 is 2.60 bits per heavy atom. The number of phenolic OH excluding ortho intramolecular Hbond substituents is 1. The van der Waals surface area contributed by atoms with E-state index in [-0.39, 0.29) is 12.3 Å². The molecule has 0 saturated heterocycles. The third kappa shape index (κ3) is 3.23. The second-order valence-corrected chi connectivity index (χ2v) is 3.08. The predicted molar refractivity (Wildman–Crippen MR) is 53.5 cm³/mol. The van der Waals surface area contributed by atoms with E-state index in [4.69, 9.17) is 10.2 Å². The number of carboxylic acid groups (broad SMARTS) is 1. The molecular formula is C10H13NO4. The van der Waals surface area contributed by atoms with Crippen LogP contribution >= 0.6 is 0 Å². The van der Waals surface area contributed by atoms with Gasteiger partial charge in [0.1, 0.15) is 11.8 Å². The molecule has 1 aromatic carbocycles. The standard InChI is InChI=1S/C10H13NO4/c12-6-8(10(14)15)11-5-7-3-1-2-4-9(7)13/h1-4,8,11-13H,5-6H2,(H,14,15). The van der Waals surface area contributed by atoms with Gasteiger partial charge in [-0.15, -0.1) is 0 Å². The molecule has 0 fully saturated rings. The summed E-state index contributed by atoms with van der Waals surface area (Å²) >= 11 is 0. The molecule has 0 spiro atoms. The van der Waals surface area contributed by atoms with E-state index in [1.807, 2.05) is 0 Å². The largest absolute Gasteiger partial charge is 0.508 e. The summed E-state index contributed by atoms with van der Waals surface area (Å²) in [7, 11) is 0. The van der Waals surface area contributed by atoms with Crippen molar-refractivity contribution in [1.82, 2.24) is 5.32 Å². The van der Waals surface area contributed by atoms with Crippen molar-refractivity contribution < 1.29 is 20.1 Å². The van der Waals surface area contributed by atoms with Crippen molar-refractivity contribution in [3.8, 4) is 5.75 Å². The van der Waals surface area contributed by atoms with Gasteiger partial charge in [-0.3, -0.25) is 10.1 Å². The van der Waals surface area contributed by atoms with Gasteiger partial charge in [0, 0.05) is 12.1 Å². The second kappa shape index (κ2) is 5.33. The maximum absolute atomic E-state index is 10.6. The van der Waals surface area contributed by atoms with Crippen molar-refractivity contribution in [3.63, 3.8) is 0 Å². The average Bonchev–Trinajstić information content (AvgIpc) is 2.21. The summed E-state index contributed by atoms with van der Waals surface area (Å²) in [5.41, 5.74) is 0.595. The fourth-order valence-electron chi connectivity index (χ4n) is 1.12. The Labute approximate surface area is 87.0 Å². The average molecular weight is 211 g/mol. The number of aliphatic hydroxyl groups is 1. The number of aliphatic carboxylic acids is 1. The highest BCUT2D eigenvalue weighted by Crippen LogP contribution is 2.14. The number of carboxylic acids is 1. The lowest BCUT2D eigenvalue weighted by Crippen LogP contribution is -2.39. The molecule has 0 aliphatic heterocycles. The van der Waals surface area contributed by atoms with E-state index >= 15 is 0 Å². The van der Waals surface area contributed by atoms with E-state index in [9.17, 15) is 9.90 Å². The quantitative estimate of drug-likeness (QED) is 0.547. The fourth-order valence-corrected chi connectivity index (χ4v) is 1.12. The lowest BCUT2D eigenvalue weighted by Gasteiger charge is -2.11. The summed E-state index contributed by atoms with van der Waals surface area (Å²) < 4.78 is 0. The number of rotatable bonds is 5. The number of carbonyl (C=O) groups is 1. The van der Waals surface area contributed by atoms with E-state index in [0.29, 0.717) is 5.56 Å². The zero-order valence-electron chi connectivity index (χ0n) is 8.05. The van der Waals surface area contributed by atoms with E-state index in [0.717, 1.165) is 0 Å². The van der Waals surface area contributed by atoms with Crippen LogP contribution in [0.4, 0.5) is 0 Å². The Bertz CT molecular complexity index is 340. The molecule has 0 radical (unpaired) electrons. The molecule has 0 amide bonds. The summed E-state index contributed by atoms with van der Waals surface area (Å²) in [6, 6.07) is 5.61. The van der Waals surface area contributed by atoms with Crippen LogP contribution in [0.5, 0.6) is 5.75 Å². The molecule has 0 saturated carbocycles. The highest BCUT2D eigenvalue weighted by molar-refractivity contribution is 5.73. The summed E-state index contributed by atoms with van der Waals surface area (Å²) in [4.78, 5) is 10.6. The fraction of sp³-hybridized carbons (Fsp3) is 0.300. The zero-order valence-corrected chi connectivity index (χ0v) is 8.05. The first-order valence-electron chi connectivity index (χ1n) is 4.49.